The molecule has 0 radical (unpaired) electrons. The standard InChI is InChI=1S/C16H24N4/c1-13(15-4-6-16(17)7-5-15)8-9-19(2)11-14-10-18-20(3)12-14/h4-7,10,12-13H,8-9,11,17H2,1-3H3. The molecule has 1 atom stereocenters. The number of aromatic nitrogens is 2. The summed E-state index contributed by atoms with van der Waals surface area (Å²) in [5.74, 6) is 0.548. The van der Waals surface area contributed by atoms with Crippen molar-refractivity contribution < 1.29 is 0 Å². The van der Waals surface area contributed by atoms with Gasteiger partial charge in [-0.1, -0.05) is 19.1 Å². The van der Waals surface area contributed by atoms with Gasteiger partial charge in [0.15, 0.2) is 0 Å². The molecule has 1 heterocycles. The molecule has 0 fully saturated rings. The Kier molecular flexibility index (Phi) is 4.79. The SMILES string of the molecule is CC(CCN(C)Cc1cnn(C)c1)c1ccc(N)cc1. The number of rotatable bonds is 6. The normalized spacial score (nSPS) is 12.8. The summed E-state index contributed by atoms with van der Waals surface area (Å²) in [5, 5.41) is 4.20. The Bertz CT molecular complexity index is 530. The number of hydrogen-bond donors (Lipinski definition) is 1. The quantitative estimate of drug-likeness (QED) is 0.822. The van der Waals surface area contributed by atoms with Crippen molar-refractivity contribution in [3.63, 3.8) is 0 Å². The lowest BCUT2D eigenvalue weighted by Gasteiger charge is -2.19. The fourth-order valence-electron chi connectivity index (χ4n) is 2.35. The molecule has 2 N–H and O–H groups in total. The molecule has 108 valence electrons. The van der Waals surface area contributed by atoms with Gasteiger partial charge in [0.25, 0.3) is 0 Å². The molecule has 0 spiro atoms. The minimum atomic E-state index is 0.548. The van der Waals surface area contributed by atoms with Crippen molar-refractivity contribution in [1.29, 1.82) is 0 Å². The van der Waals surface area contributed by atoms with Gasteiger partial charge in [0, 0.05) is 31.0 Å². The minimum Gasteiger partial charge on any atom is -0.399 e. The van der Waals surface area contributed by atoms with E-state index in [1.165, 1.54) is 11.1 Å². The monoisotopic (exact) mass is 272 g/mol. The number of benzene rings is 1. The van der Waals surface area contributed by atoms with Crippen molar-refractivity contribution in [2.24, 2.45) is 7.05 Å². The van der Waals surface area contributed by atoms with Crippen molar-refractivity contribution in [2.75, 3.05) is 19.3 Å². The molecule has 1 unspecified atom stereocenters. The van der Waals surface area contributed by atoms with E-state index in [9.17, 15) is 0 Å². The first-order valence-electron chi connectivity index (χ1n) is 7.06. The van der Waals surface area contributed by atoms with Crippen LogP contribution in [0.15, 0.2) is 36.7 Å². The highest BCUT2D eigenvalue weighted by Crippen LogP contribution is 2.20. The highest BCUT2D eigenvalue weighted by molar-refractivity contribution is 5.40. The fraction of sp³-hybridized carbons (Fsp3) is 0.438. The number of hydrogen-bond acceptors (Lipinski definition) is 3. The molecule has 0 aliphatic rings. The summed E-state index contributed by atoms with van der Waals surface area (Å²) >= 11 is 0. The van der Waals surface area contributed by atoms with Crippen LogP contribution in [0.3, 0.4) is 0 Å². The average Bonchev–Trinajstić information content (AvgIpc) is 2.82. The van der Waals surface area contributed by atoms with Crippen LogP contribution < -0.4 is 5.73 Å². The van der Waals surface area contributed by atoms with Gasteiger partial charge in [-0.25, -0.2) is 0 Å². The van der Waals surface area contributed by atoms with Crippen LogP contribution in [0.25, 0.3) is 0 Å². The summed E-state index contributed by atoms with van der Waals surface area (Å²) in [6, 6.07) is 8.21. The summed E-state index contributed by atoms with van der Waals surface area (Å²) in [5.41, 5.74) is 9.16. The Balaban J connectivity index is 1.80. The van der Waals surface area contributed by atoms with Crippen LogP contribution in [0, 0.1) is 0 Å². The van der Waals surface area contributed by atoms with Crippen LogP contribution in [-0.2, 0) is 13.6 Å². The van der Waals surface area contributed by atoms with Gasteiger partial charge in [-0.2, -0.15) is 5.10 Å². The zero-order valence-electron chi connectivity index (χ0n) is 12.6. The molecule has 0 bridgehead atoms. The van der Waals surface area contributed by atoms with E-state index in [2.05, 4.69) is 42.3 Å². The van der Waals surface area contributed by atoms with Crippen LogP contribution in [0.4, 0.5) is 5.69 Å². The van der Waals surface area contributed by atoms with Crippen molar-refractivity contribution >= 4 is 5.69 Å². The van der Waals surface area contributed by atoms with Crippen LogP contribution >= 0.6 is 0 Å². The predicted octanol–water partition coefficient (Wildman–Crippen LogP) is 2.63. The van der Waals surface area contributed by atoms with Crippen molar-refractivity contribution in [3.05, 3.63) is 47.8 Å². The van der Waals surface area contributed by atoms with Crippen molar-refractivity contribution in [3.8, 4) is 0 Å². The first-order valence-corrected chi connectivity index (χ1v) is 7.06. The summed E-state index contributed by atoms with van der Waals surface area (Å²) < 4.78 is 1.85. The Hall–Kier alpha value is -1.81. The zero-order chi connectivity index (χ0) is 14.5. The number of nitrogens with two attached hydrogens (primary N) is 1. The highest BCUT2D eigenvalue weighted by atomic mass is 15.2. The Morgan fingerprint density at radius 1 is 1.30 bits per heavy atom. The van der Waals surface area contributed by atoms with Crippen LogP contribution in [0.5, 0.6) is 0 Å². The molecule has 1 aromatic heterocycles. The average molecular weight is 272 g/mol. The van der Waals surface area contributed by atoms with E-state index < -0.39 is 0 Å². The Morgan fingerprint density at radius 3 is 2.60 bits per heavy atom. The van der Waals surface area contributed by atoms with E-state index in [4.69, 9.17) is 5.73 Å². The Morgan fingerprint density at radius 2 is 2.00 bits per heavy atom. The first-order chi connectivity index (χ1) is 9.54. The molecule has 20 heavy (non-hydrogen) atoms. The number of nitrogens with zero attached hydrogens (tertiary/aromatic N) is 3. The van der Waals surface area contributed by atoms with Gasteiger partial charge in [-0.3, -0.25) is 4.68 Å². The number of aryl methyl sites for hydroxylation is 1. The van der Waals surface area contributed by atoms with Crippen LogP contribution in [-0.4, -0.2) is 28.3 Å². The maximum Gasteiger partial charge on any atom is 0.0534 e. The lowest BCUT2D eigenvalue weighted by Crippen LogP contribution is -2.20. The van der Waals surface area contributed by atoms with Gasteiger partial charge in [0.05, 0.1) is 6.20 Å². The van der Waals surface area contributed by atoms with E-state index >= 15 is 0 Å². The minimum absolute atomic E-state index is 0.548. The topological polar surface area (TPSA) is 47.1 Å². The van der Waals surface area contributed by atoms with E-state index in [0.29, 0.717) is 5.92 Å². The molecule has 0 aliphatic heterocycles. The molecular weight excluding hydrogens is 248 g/mol. The van der Waals surface area contributed by atoms with E-state index in [0.717, 1.165) is 25.2 Å². The van der Waals surface area contributed by atoms with E-state index in [1.807, 2.05) is 30.1 Å². The molecule has 0 amide bonds. The second kappa shape index (κ2) is 6.57. The van der Waals surface area contributed by atoms with E-state index in [1.54, 1.807) is 0 Å². The zero-order valence-corrected chi connectivity index (χ0v) is 12.6. The van der Waals surface area contributed by atoms with Crippen LogP contribution in [0.1, 0.15) is 30.4 Å². The van der Waals surface area contributed by atoms with Crippen LogP contribution in [0.2, 0.25) is 0 Å². The van der Waals surface area contributed by atoms with Gasteiger partial charge in [-0.15, -0.1) is 0 Å². The largest absolute Gasteiger partial charge is 0.399 e. The third-order valence-corrected chi connectivity index (χ3v) is 3.66. The highest BCUT2D eigenvalue weighted by Gasteiger charge is 2.08. The second-order valence-electron chi connectivity index (χ2n) is 5.62. The van der Waals surface area contributed by atoms with Crippen molar-refractivity contribution in [2.45, 2.75) is 25.8 Å². The van der Waals surface area contributed by atoms with Crippen molar-refractivity contribution in [1.82, 2.24) is 14.7 Å². The second-order valence-corrected chi connectivity index (χ2v) is 5.62. The summed E-state index contributed by atoms with van der Waals surface area (Å²) in [6.45, 7) is 4.28. The molecular formula is C16H24N4. The molecule has 0 saturated carbocycles. The molecule has 2 rings (SSSR count). The summed E-state index contributed by atoms with van der Waals surface area (Å²) in [7, 11) is 4.11. The molecule has 0 aliphatic carbocycles. The smallest absolute Gasteiger partial charge is 0.0534 e. The molecule has 1 aromatic carbocycles. The molecule has 4 nitrogen and oxygen atoms in total. The predicted molar refractivity (Wildman–Crippen MR) is 83.4 cm³/mol. The summed E-state index contributed by atoms with van der Waals surface area (Å²) in [4.78, 5) is 2.34. The van der Waals surface area contributed by atoms with Gasteiger partial charge in [0.2, 0.25) is 0 Å². The van der Waals surface area contributed by atoms with Gasteiger partial charge in [0.1, 0.15) is 0 Å². The number of anilines is 1. The summed E-state index contributed by atoms with van der Waals surface area (Å²) in [6.07, 6.45) is 5.14. The molecule has 2 aromatic rings. The maximum absolute atomic E-state index is 5.72. The molecule has 0 saturated heterocycles. The Labute approximate surface area is 121 Å². The number of nitrogen functional groups attached to an aromatic ring is 1. The first kappa shape index (κ1) is 14.6. The lowest BCUT2D eigenvalue weighted by atomic mass is 9.97. The van der Waals surface area contributed by atoms with Gasteiger partial charge >= 0.3 is 0 Å². The van der Waals surface area contributed by atoms with E-state index in [-0.39, 0.29) is 0 Å². The van der Waals surface area contributed by atoms with Gasteiger partial charge < -0.3 is 10.6 Å². The maximum atomic E-state index is 5.72. The third-order valence-electron chi connectivity index (χ3n) is 3.66. The third kappa shape index (κ3) is 4.10. The van der Waals surface area contributed by atoms with Gasteiger partial charge in [-0.05, 0) is 43.6 Å². The lowest BCUT2D eigenvalue weighted by molar-refractivity contribution is 0.313. The fourth-order valence-corrected chi connectivity index (χ4v) is 2.35. The molecule has 4 heteroatoms.